The molecule has 1 aromatic rings. The fourth-order valence-electron chi connectivity index (χ4n) is 4.90. The van der Waals surface area contributed by atoms with Crippen molar-refractivity contribution in [3.8, 4) is 0 Å². The van der Waals surface area contributed by atoms with Crippen LogP contribution < -0.4 is 0 Å². The molecule has 28 heavy (non-hydrogen) atoms. The lowest BCUT2D eigenvalue weighted by Gasteiger charge is -2.37. The van der Waals surface area contributed by atoms with Crippen LogP contribution in [0.25, 0.3) is 0 Å². The minimum atomic E-state index is -3.93. The van der Waals surface area contributed by atoms with Gasteiger partial charge in [-0.25, -0.2) is 3.63 Å². The molecule has 2 aliphatic carbocycles. The third-order valence-electron chi connectivity index (χ3n) is 6.49. The summed E-state index contributed by atoms with van der Waals surface area (Å²) in [5.41, 5.74) is -0.595. The zero-order valence-corrected chi connectivity index (χ0v) is 18.3. The molecule has 2 fully saturated rings. The van der Waals surface area contributed by atoms with Gasteiger partial charge in [0.15, 0.2) is 0 Å². The number of Topliss-reactive ketones (excluding diaryl/α,β-unsaturated/α-hetero) is 1. The fourth-order valence-corrected chi connectivity index (χ4v) is 9.79. The number of nitrogens with zero attached hydrogens (tertiary/aromatic N) is 1. The highest BCUT2D eigenvalue weighted by molar-refractivity contribution is 8.31. The van der Waals surface area contributed by atoms with Gasteiger partial charge in [-0.05, 0) is 42.2 Å². The molecule has 0 saturated heterocycles. The quantitative estimate of drug-likeness (QED) is 0.482. The normalized spacial score (nSPS) is 27.1. The number of benzene rings is 1. The van der Waals surface area contributed by atoms with Crippen LogP contribution in [0.3, 0.4) is 0 Å². The molecule has 0 heterocycles. The maximum atomic E-state index is 12.9. The Bertz CT molecular complexity index is 924. The number of carbonyl (C=O) groups excluding carboxylic acids is 1. The van der Waals surface area contributed by atoms with Gasteiger partial charge in [0.05, 0.1) is 16.1 Å². The molecule has 2 atom stereocenters. The standard InChI is InChI=1S/C19H27NO6S2/c1-18(2)15-8-9-19(18,17(21)11-15)13-28(24,25)26-27(3,4)12-14-6-5-7-16(10-14)20(22)23/h5-7,10,15H,8-9,11-13H2,1-4H3. The molecule has 2 unspecified atom stereocenters. The SMILES string of the molecule is CC1(C)C2CCC1(CS(=O)(=O)OS(C)(C)Cc1cccc([N+](=O)[O-])c1)C(=O)C2. The van der Waals surface area contributed by atoms with Crippen molar-refractivity contribution in [2.24, 2.45) is 16.7 Å². The number of hydrogen-bond donors (Lipinski definition) is 0. The summed E-state index contributed by atoms with van der Waals surface area (Å²) in [6, 6.07) is 6.14. The number of non-ortho nitro benzene ring substituents is 1. The average molecular weight is 430 g/mol. The van der Waals surface area contributed by atoms with E-state index in [9.17, 15) is 23.3 Å². The Kier molecular flexibility index (Phi) is 5.17. The first-order chi connectivity index (χ1) is 12.8. The lowest BCUT2D eigenvalue weighted by molar-refractivity contribution is -0.384. The third-order valence-corrected chi connectivity index (χ3v) is 10.7. The highest BCUT2D eigenvalue weighted by Gasteiger charge is 2.65. The van der Waals surface area contributed by atoms with Gasteiger partial charge in [-0.2, -0.15) is 8.42 Å². The molecule has 7 nitrogen and oxygen atoms in total. The molecule has 0 radical (unpaired) electrons. The summed E-state index contributed by atoms with van der Waals surface area (Å²) >= 11 is 0. The van der Waals surface area contributed by atoms with E-state index < -0.39 is 30.8 Å². The molecule has 0 aromatic heterocycles. The van der Waals surface area contributed by atoms with Crippen LogP contribution in [-0.2, 0) is 24.3 Å². The van der Waals surface area contributed by atoms with Crippen molar-refractivity contribution < 1.29 is 21.8 Å². The number of rotatable bonds is 7. The summed E-state index contributed by atoms with van der Waals surface area (Å²) in [5, 5.41) is 11.0. The minimum Gasteiger partial charge on any atom is -0.299 e. The highest BCUT2D eigenvalue weighted by Crippen LogP contribution is 2.64. The number of hydrogen-bond acceptors (Lipinski definition) is 6. The summed E-state index contributed by atoms with van der Waals surface area (Å²) < 4.78 is 31.5. The maximum Gasteiger partial charge on any atom is 0.277 e. The first-order valence-electron chi connectivity index (χ1n) is 9.19. The van der Waals surface area contributed by atoms with Crippen molar-refractivity contribution in [3.63, 3.8) is 0 Å². The molecule has 0 aliphatic heterocycles. The van der Waals surface area contributed by atoms with E-state index in [1.54, 1.807) is 24.6 Å². The predicted molar refractivity (Wildman–Crippen MR) is 110 cm³/mol. The summed E-state index contributed by atoms with van der Waals surface area (Å²) in [7, 11) is -6.01. The number of fused-ring (bicyclic) bond motifs is 2. The Morgan fingerprint density at radius 2 is 1.96 bits per heavy atom. The molecule has 2 saturated carbocycles. The van der Waals surface area contributed by atoms with Crippen LogP contribution in [0.4, 0.5) is 5.69 Å². The summed E-state index contributed by atoms with van der Waals surface area (Å²) in [5.74, 6) is 0.266. The largest absolute Gasteiger partial charge is 0.299 e. The van der Waals surface area contributed by atoms with E-state index in [1.165, 1.54) is 12.1 Å². The monoisotopic (exact) mass is 429 g/mol. The van der Waals surface area contributed by atoms with Crippen molar-refractivity contribution in [1.29, 1.82) is 0 Å². The number of nitro benzene ring substituents is 1. The van der Waals surface area contributed by atoms with Gasteiger partial charge in [0.25, 0.3) is 15.8 Å². The van der Waals surface area contributed by atoms with E-state index >= 15 is 0 Å². The lowest BCUT2D eigenvalue weighted by Crippen LogP contribution is -2.42. The molecule has 9 heteroatoms. The number of ketones is 1. The van der Waals surface area contributed by atoms with Crippen LogP contribution >= 0.6 is 10.3 Å². The predicted octanol–water partition coefficient (Wildman–Crippen LogP) is 3.82. The van der Waals surface area contributed by atoms with Crippen LogP contribution in [0.2, 0.25) is 0 Å². The molecule has 1 aromatic carbocycles. The van der Waals surface area contributed by atoms with Gasteiger partial charge in [-0.3, -0.25) is 14.9 Å². The smallest absolute Gasteiger partial charge is 0.277 e. The Labute approximate surface area is 167 Å². The Balaban J connectivity index is 1.77. The van der Waals surface area contributed by atoms with Crippen molar-refractivity contribution in [1.82, 2.24) is 0 Å². The minimum absolute atomic E-state index is 0.0346. The van der Waals surface area contributed by atoms with Gasteiger partial charge in [0.2, 0.25) is 0 Å². The van der Waals surface area contributed by atoms with Crippen molar-refractivity contribution >= 4 is 31.9 Å². The van der Waals surface area contributed by atoms with Crippen LogP contribution in [0.15, 0.2) is 24.3 Å². The van der Waals surface area contributed by atoms with Gasteiger partial charge >= 0.3 is 0 Å². The molecule has 0 amide bonds. The second-order valence-corrected chi connectivity index (χ2v) is 14.1. The Morgan fingerprint density at radius 3 is 2.50 bits per heavy atom. The average Bonchev–Trinajstić information content (AvgIpc) is 2.87. The van der Waals surface area contributed by atoms with E-state index in [4.69, 9.17) is 3.63 Å². The van der Waals surface area contributed by atoms with E-state index in [0.717, 1.165) is 6.42 Å². The van der Waals surface area contributed by atoms with Crippen LogP contribution in [-0.4, -0.2) is 37.4 Å². The van der Waals surface area contributed by atoms with Crippen molar-refractivity contribution in [3.05, 3.63) is 39.9 Å². The summed E-state index contributed by atoms with van der Waals surface area (Å²) in [4.78, 5) is 23.1. The number of nitro groups is 1. The molecule has 0 spiro atoms. The fraction of sp³-hybridized carbons (Fsp3) is 0.632. The molecular weight excluding hydrogens is 402 g/mol. The molecule has 0 N–H and O–H groups in total. The Hall–Kier alpha value is -1.45. The van der Waals surface area contributed by atoms with Crippen molar-refractivity contribution in [2.45, 2.75) is 38.9 Å². The number of carbonyl (C=O) groups is 1. The van der Waals surface area contributed by atoms with E-state index in [-0.39, 0.29) is 34.3 Å². The first-order valence-corrected chi connectivity index (χ1v) is 13.3. The summed E-state index contributed by atoms with van der Waals surface area (Å²) in [6.07, 6.45) is 5.36. The zero-order chi connectivity index (χ0) is 21.0. The Morgan fingerprint density at radius 1 is 1.29 bits per heavy atom. The van der Waals surface area contributed by atoms with Crippen LogP contribution in [0, 0.1) is 26.9 Å². The zero-order valence-electron chi connectivity index (χ0n) is 16.6. The second-order valence-electron chi connectivity index (χ2n) is 8.94. The molecule has 3 rings (SSSR count). The van der Waals surface area contributed by atoms with Crippen LogP contribution in [0.5, 0.6) is 0 Å². The van der Waals surface area contributed by atoms with E-state index in [1.807, 2.05) is 13.8 Å². The van der Waals surface area contributed by atoms with Gasteiger partial charge in [-0.1, -0.05) is 26.0 Å². The molecule has 2 bridgehead atoms. The molecule has 156 valence electrons. The molecular formula is C19H27NO6S2. The van der Waals surface area contributed by atoms with E-state index in [2.05, 4.69) is 0 Å². The van der Waals surface area contributed by atoms with Gasteiger partial charge in [-0.15, -0.1) is 10.3 Å². The van der Waals surface area contributed by atoms with Crippen molar-refractivity contribution in [2.75, 3.05) is 18.3 Å². The first kappa shape index (κ1) is 21.3. The second kappa shape index (κ2) is 6.81. The lowest BCUT2D eigenvalue weighted by atomic mass is 9.70. The molecule has 2 aliphatic rings. The van der Waals surface area contributed by atoms with Crippen LogP contribution in [0.1, 0.15) is 38.7 Å². The van der Waals surface area contributed by atoms with Gasteiger partial charge in [0, 0.05) is 24.3 Å². The van der Waals surface area contributed by atoms with Gasteiger partial charge in [0.1, 0.15) is 5.78 Å². The summed E-state index contributed by atoms with van der Waals surface area (Å²) in [6.45, 7) is 3.98. The third kappa shape index (κ3) is 3.71. The highest BCUT2D eigenvalue weighted by atomic mass is 32.3. The maximum absolute atomic E-state index is 12.9. The topological polar surface area (TPSA) is 104 Å². The van der Waals surface area contributed by atoms with Gasteiger partial charge < -0.3 is 0 Å². The van der Waals surface area contributed by atoms with E-state index in [0.29, 0.717) is 18.4 Å².